The van der Waals surface area contributed by atoms with Gasteiger partial charge in [-0.15, -0.1) is 0 Å². The maximum absolute atomic E-state index is 9.85. The van der Waals surface area contributed by atoms with E-state index in [-0.39, 0.29) is 0 Å². The van der Waals surface area contributed by atoms with Crippen LogP contribution >= 0.6 is 0 Å². The maximum Gasteiger partial charge on any atom is 0.145 e. The molecule has 1 saturated carbocycles. The molecule has 1 aromatic rings. The minimum Gasteiger partial charge on any atom is -0.388 e. The zero-order valence-electron chi connectivity index (χ0n) is 8.40. The third-order valence-electron chi connectivity index (χ3n) is 2.70. The summed E-state index contributed by atoms with van der Waals surface area (Å²) in [7, 11) is 0. The molecule has 0 aliphatic heterocycles. The molecule has 82 valence electrons. The number of nitrogen functional groups attached to an aromatic ring is 1. The fourth-order valence-corrected chi connectivity index (χ4v) is 1.55. The van der Waals surface area contributed by atoms with Gasteiger partial charge in [-0.1, -0.05) is 0 Å². The fourth-order valence-electron chi connectivity index (χ4n) is 1.55. The Morgan fingerprint density at radius 2 is 2.13 bits per heavy atom. The molecule has 1 aromatic heterocycles. The second-order valence-electron chi connectivity index (χ2n) is 3.86. The van der Waals surface area contributed by atoms with E-state index in [4.69, 9.17) is 5.84 Å². The molecule has 0 atom stereocenters. The van der Waals surface area contributed by atoms with Crippen LogP contribution in [0.5, 0.6) is 0 Å². The average Bonchev–Trinajstić information content (AvgIpc) is 2.24. The highest BCUT2D eigenvalue weighted by molar-refractivity contribution is 5.45. The van der Waals surface area contributed by atoms with E-state index in [0.717, 1.165) is 19.3 Å². The fraction of sp³-hybridized carbons (Fsp3) is 0.556. The SMILES string of the molecule is NNc1cc(NCC2(O)CCC2)ncn1. The van der Waals surface area contributed by atoms with Crippen LogP contribution in [0.15, 0.2) is 12.4 Å². The van der Waals surface area contributed by atoms with Gasteiger partial charge in [-0.25, -0.2) is 15.8 Å². The first-order valence-electron chi connectivity index (χ1n) is 4.97. The van der Waals surface area contributed by atoms with Gasteiger partial charge < -0.3 is 15.8 Å². The van der Waals surface area contributed by atoms with Gasteiger partial charge in [0.1, 0.15) is 18.0 Å². The molecule has 0 unspecified atom stereocenters. The predicted octanol–water partition coefficient (Wildman–Crippen LogP) is 0.0891. The van der Waals surface area contributed by atoms with Crippen molar-refractivity contribution in [1.82, 2.24) is 9.97 Å². The molecule has 1 fully saturated rings. The Kier molecular flexibility index (Phi) is 2.70. The van der Waals surface area contributed by atoms with Gasteiger partial charge >= 0.3 is 0 Å². The van der Waals surface area contributed by atoms with E-state index in [1.54, 1.807) is 6.07 Å². The number of aliphatic hydroxyl groups is 1. The molecule has 0 aromatic carbocycles. The van der Waals surface area contributed by atoms with Crippen LogP contribution in [0.2, 0.25) is 0 Å². The highest BCUT2D eigenvalue weighted by Gasteiger charge is 2.33. The third kappa shape index (κ3) is 2.34. The summed E-state index contributed by atoms with van der Waals surface area (Å²) in [5.74, 6) is 6.43. The Labute approximate surface area is 87.9 Å². The van der Waals surface area contributed by atoms with Crippen LogP contribution in [0.25, 0.3) is 0 Å². The first-order chi connectivity index (χ1) is 7.22. The Hall–Kier alpha value is -1.40. The molecule has 1 aliphatic rings. The number of nitrogens with one attached hydrogen (secondary N) is 2. The number of hydrogen-bond donors (Lipinski definition) is 4. The van der Waals surface area contributed by atoms with Crippen LogP contribution in [-0.4, -0.2) is 27.2 Å². The lowest BCUT2D eigenvalue weighted by Gasteiger charge is -2.36. The van der Waals surface area contributed by atoms with Crippen LogP contribution < -0.4 is 16.6 Å². The van der Waals surface area contributed by atoms with Crippen molar-refractivity contribution in [1.29, 1.82) is 0 Å². The van der Waals surface area contributed by atoms with Crippen molar-refractivity contribution in [2.24, 2.45) is 5.84 Å². The summed E-state index contributed by atoms with van der Waals surface area (Å²) in [6.45, 7) is 0.522. The molecule has 15 heavy (non-hydrogen) atoms. The van der Waals surface area contributed by atoms with Crippen molar-refractivity contribution in [2.45, 2.75) is 24.9 Å². The summed E-state index contributed by atoms with van der Waals surface area (Å²) in [5, 5.41) is 12.9. The second kappa shape index (κ2) is 4.00. The molecule has 0 spiro atoms. The molecule has 0 radical (unpaired) electrons. The highest BCUT2D eigenvalue weighted by atomic mass is 16.3. The van der Waals surface area contributed by atoms with E-state index < -0.39 is 5.60 Å². The summed E-state index contributed by atoms with van der Waals surface area (Å²) in [6, 6.07) is 1.70. The number of aromatic nitrogens is 2. The van der Waals surface area contributed by atoms with E-state index in [9.17, 15) is 5.11 Å². The molecule has 0 bridgehead atoms. The summed E-state index contributed by atoms with van der Waals surface area (Å²) >= 11 is 0. The monoisotopic (exact) mass is 209 g/mol. The molecular formula is C9H15N5O. The predicted molar refractivity (Wildman–Crippen MR) is 57.1 cm³/mol. The largest absolute Gasteiger partial charge is 0.388 e. The molecule has 0 amide bonds. The van der Waals surface area contributed by atoms with Gasteiger partial charge in [-0.3, -0.25) is 0 Å². The van der Waals surface area contributed by atoms with Gasteiger partial charge in [0.15, 0.2) is 0 Å². The average molecular weight is 209 g/mol. The number of rotatable bonds is 4. The molecular weight excluding hydrogens is 194 g/mol. The molecule has 6 heteroatoms. The zero-order chi connectivity index (χ0) is 10.7. The molecule has 6 nitrogen and oxygen atoms in total. The standard InChI is InChI=1S/C9H15N5O/c10-14-8-4-7(12-6-13-8)11-5-9(15)2-1-3-9/h4,6,15H,1-3,5,10H2,(H2,11,12,13,14). The minimum atomic E-state index is -0.554. The van der Waals surface area contributed by atoms with Crippen LogP contribution in [0.4, 0.5) is 11.6 Å². The number of anilines is 2. The Morgan fingerprint density at radius 3 is 2.73 bits per heavy atom. The number of hydrazine groups is 1. The number of hydrogen-bond acceptors (Lipinski definition) is 6. The Bertz CT molecular complexity index is 339. The van der Waals surface area contributed by atoms with Gasteiger partial charge in [0.2, 0.25) is 0 Å². The maximum atomic E-state index is 9.85. The molecule has 1 heterocycles. The van der Waals surface area contributed by atoms with Crippen molar-refractivity contribution in [3.63, 3.8) is 0 Å². The van der Waals surface area contributed by atoms with E-state index in [1.165, 1.54) is 6.33 Å². The number of nitrogens with zero attached hydrogens (tertiary/aromatic N) is 2. The summed E-state index contributed by atoms with van der Waals surface area (Å²) in [4.78, 5) is 7.91. The molecule has 0 saturated heterocycles. The second-order valence-corrected chi connectivity index (χ2v) is 3.86. The first kappa shape index (κ1) is 10.1. The lowest BCUT2D eigenvalue weighted by atomic mass is 9.80. The lowest BCUT2D eigenvalue weighted by molar-refractivity contribution is -0.0202. The van der Waals surface area contributed by atoms with Gasteiger partial charge in [-0.2, -0.15) is 0 Å². The van der Waals surface area contributed by atoms with E-state index in [2.05, 4.69) is 20.7 Å². The third-order valence-corrected chi connectivity index (χ3v) is 2.70. The molecule has 1 aliphatic carbocycles. The van der Waals surface area contributed by atoms with Crippen molar-refractivity contribution in [3.8, 4) is 0 Å². The van der Waals surface area contributed by atoms with Gasteiger partial charge in [0.25, 0.3) is 0 Å². The molecule has 5 N–H and O–H groups in total. The summed E-state index contributed by atoms with van der Waals surface area (Å²) in [6.07, 6.45) is 4.22. The normalized spacial score (nSPS) is 18.0. The lowest BCUT2D eigenvalue weighted by Crippen LogP contribution is -2.43. The quantitative estimate of drug-likeness (QED) is 0.414. The van der Waals surface area contributed by atoms with Crippen molar-refractivity contribution < 1.29 is 5.11 Å². The van der Waals surface area contributed by atoms with E-state index in [0.29, 0.717) is 18.2 Å². The minimum absolute atomic E-state index is 0.522. The highest BCUT2D eigenvalue weighted by Crippen LogP contribution is 2.31. The van der Waals surface area contributed by atoms with Crippen molar-refractivity contribution in [3.05, 3.63) is 12.4 Å². The van der Waals surface area contributed by atoms with E-state index >= 15 is 0 Å². The topological polar surface area (TPSA) is 96.1 Å². The van der Waals surface area contributed by atoms with Gasteiger partial charge in [0.05, 0.1) is 5.60 Å². The Morgan fingerprint density at radius 1 is 1.40 bits per heavy atom. The molecule has 2 rings (SSSR count). The van der Waals surface area contributed by atoms with Crippen LogP contribution in [0, 0.1) is 0 Å². The van der Waals surface area contributed by atoms with Crippen LogP contribution in [-0.2, 0) is 0 Å². The smallest absolute Gasteiger partial charge is 0.145 e. The van der Waals surface area contributed by atoms with E-state index in [1.807, 2.05) is 0 Å². The number of nitrogens with two attached hydrogens (primary N) is 1. The zero-order valence-corrected chi connectivity index (χ0v) is 8.40. The van der Waals surface area contributed by atoms with Crippen molar-refractivity contribution in [2.75, 3.05) is 17.3 Å². The Balaban J connectivity index is 1.92. The van der Waals surface area contributed by atoms with Gasteiger partial charge in [0, 0.05) is 12.6 Å². The summed E-state index contributed by atoms with van der Waals surface area (Å²) < 4.78 is 0. The van der Waals surface area contributed by atoms with Gasteiger partial charge in [-0.05, 0) is 19.3 Å². The van der Waals surface area contributed by atoms with Crippen LogP contribution in [0.1, 0.15) is 19.3 Å². The van der Waals surface area contributed by atoms with Crippen molar-refractivity contribution >= 4 is 11.6 Å². The summed E-state index contributed by atoms with van der Waals surface area (Å²) in [5.41, 5.74) is 1.88. The first-order valence-corrected chi connectivity index (χ1v) is 4.97. The van der Waals surface area contributed by atoms with Crippen LogP contribution in [0.3, 0.4) is 0 Å².